The van der Waals surface area contributed by atoms with Gasteiger partial charge in [-0.1, -0.05) is 23.5 Å². The number of rotatable bonds is 4. The highest BCUT2D eigenvalue weighted by atomic mass is 32.1. The van der Waals surface area contributed by atoms with Gasteiger partial charge in [-0.15, -0.1) is 13.2 Å². The van der Waals surface area contributed by atoms with Gasteiger partial charge in [0.1, 0.15) is 5.75 Å². The van der Waals surface area contributed by atoms with Gasteiger partial charge >= 0.3 is 11.4 Å². The number of alkyl halides is 3. The van der Waals surface area contributed by atoms with E-state index in [9.17, 15) is 23.3 Å². The predicted octanol–water partition coefficient (Wildman–Crippen LogP) is 3.60. The number of thiophene rings is 1. The predicted molar refractivity (Wildman–Crippen MR) is 70.1 cm³/mol. The van der Waals surface area contributed by atoms with Crippen LogP contribution >= 0.6 is 11.3 Å². The topological polar surface area (TPSA) is 78.4 Å². The van der Waals surface area contributed by atoms with E-state index in [1.54, 1.807) is 0 Å². The highest BCUT2D eigenvalue weighted by Gasteiger charge is 2.31. The van der Waals surface area contributed by atoms with E-state index >= 15 is 0 Å². The van der Waals surface area contributed by atoms with Crippen LogP contribution in [0.25, 0.3) is 0 Å². The fraction of sp³-hybridized carbons (Fsp3) is 0.167. The Balaban J connectivity index is 2.15. The standard InChI is InChI=1S/C12H9F3N2O3S/c13-12(14,15)20-8-3-1-7(2-4-8)11(16)9-5-6-10(21-9)17(18)19/h1-6,11H,16H2/t11-/m1/s1. The van der Waals surface area contributed by atoms with Crippen LogP contribution in [-0.4, -0.2) is 11.3 Å². The molecule has 0 aliphatic heterocycles. The molecule has 0 spiro atoms. The van der Waals surface area contributed by atoms with Crippen molar-refractivity contribution >= 4 is 16.3 Å². The first-order valence-electron chi connectivity index (χ1n) is 5.61. The maximum absolute atomic E-state index is 12.0. The van der Waals surface area contributed by atoms with Gasteiger partial charge in [-0.3, -0.25) is 10.1 Å². The van der Waals surface area contributed by atoms with Crippen molar-refractivity contribution in [1.29, 1.82) is 0 Å². The monoisotopic (exact) mass is 318 g/mol. The third kappa shape index (κ3) is 3.92. The Kier molecular flexibility index (Phi) is 4.14. The lowest BCUT2D eigenvalue weighted by molar-refractivity contribution is -0.380. The fourth-order valence-electron chi connectivity index (χ4n) is 1.65. The number of benzene rings is 1. The van der Waals surface area contributed by atoms with Crippen LogP contribution in [-0.2, 0) is 0 Å². The molecule has 0 bridgehead atoms. The van der Waals surface area contributed by atoms with Gasteiger partial charge in [-0.05, 0) is 23.8 Å². The zero-order chi connectivity index (χ0) is 15.6. The van der Waals surface area contributed by atoms with Crippen LogP contribution in [0.4, 0.5) is 18.2 Å². The molecule has 0 aliphatic rings. The molecule has 2 N–H and O–H groups in total. The molecule has 2 rings (SSSR count). The molecule has 1 heterocycles. The number of nitrogens with two attached hydrogens (primary N) is 1. The average molecular weight is 318 g/mol. The van der Waals surface area contributed by atoms with Crippen LogP contribution in [0.15, 0.2) is 36.4 Å². The highest BCUT2D eigenvalue weighted by Crippen LogP contribution is 2.32. The minimum Gasteiger partial charge on any atom is -0.406 e. The summed E-state index contributed by atoms with van der Waals surface area (Å²) in [7, 11) is 0. The fourth-order valence-corrected chi connectivity index (χ4v) is 2.50. The summed E-state index contributed by atoms with van der Waals surface area (Å²) in [5.41, 5.74) is 6.46. The molecule has 2 aromatic rings. The van der Waals surface area contributed by atoms with Crippen LogP contribution in [0.3, 0.4) is 0 Å². The molecule has 0 fully saturated rings. The lowest BCUT2D eigenvalue weighted by atomic mass is 10.1. The second-order valence-corrected chi connectivity index (χ2v) is 5.12. The minimum absolute atomic E-state index is 0.0440. The maximum atomic E-state index is 12.0. The second-order valence-electron chi connectivity index (χ2n) is 4.03. The van der Waals surface area contributed by atoms with Gasteiger partial charge in [-0.2, -0.15) is 0 Å². The molecule has 1 atom stereocenters. The van der Waals surface area contributed by atoms with Crippen molar-refractivity contribution in [3.05, 3.63) is 57.0 Å². The first-order chi connectivity index (χ1) is 9.76. The van der Waals surface area contributed by atoms with E-state index in [-0.39, 0.29) is 10.8 Å². The summed E-state index contributed by atoms with van der Waals surface area (Å²) in [5.74, 6) is -0.351. The van der Waals surface area contributed by atoms with E-state index in [4.69, 9.17) is 5.73 Å². The lowest BCUT2D eigenvalue weighted by Gasteiger charge is -2.12. The molecule has 5 nitrogen and oxygen atoms in total. The Labute approximate surface area is 120 Å². The van der Waals surface area contributed by atoms with E-state index in [1.807, 2.05) is 0 Å². The van der Waals surface area contributed by atoms with Gasteiger partial charge in [0.05, 0.1) is 11.0 Å². The first-order valence-corrected chi connectivity index (χ1v) is 6.43. The van der Waals surface area contributed by atoms with Crippen LogP contribution in [0.1, 0.15) is 16.5 Å². The molecule has 0 aliphatic carbocycles. The van der Waals surface area contributed by atoms with E-state index in [0.717, 1.165) is 23.5 Å². The van der Waals surface area contributed by atoms with Crippen molar-refractivity contribution in [2.75, 3.05) is 0 Å². The normalized spacial score (nSPS) is 13.0. The third-order valence-electron chi connectivity index (χ3n) is 2.57. The smallest absolute Gasteiger partial charge is 0.406 e. The Morgan fingerprint density at radius 3 is 2.29 bits per heavy atom. The van der Waals surface area contributed by atoms with Gasteiger partial charge in [0.2, 0.25) is 0 Å². The van der Waals surface area contributed by atoms with Crippen LogP contribution in [0.5, 0.6) is 5.75 Å². The van der Waals surface area contributed by atoms with E-state index in [2.05, 4.69) is 4.74 Å². The molecule has 0 saturated heterocycles. The number of nitrogens with zero attached hydrogens (tertiary/aromatic N) is 1. The first kappa shape index (κ1) is 15.3. The van der Waals surface area contributed by atoms with Gasteiger partial charge in [0, 0.05) is 10.9 Å². The van der Waals surface area contributed by atoms with E-state index < -0.39 is 17.3 Å². The summed E-state index contributed by atoms with van der Waals surface area (Å²) in [6, 6.07) is 7.27. The third-order valence-corrected chi connectivity index (χ3v) is 3.69. The lowest BCUT2D eigenvalue weighted by Crippen LogP contribution is -2.17. The molecular formula is C12H9F3N2O3S. The minimum atomic E-state index is -4.75. The summed E-state index contributed by atoms with van der Waals surface area (Å²) in [6.07, 6.45) is -4.75. The Bertz CT molecular complexity index is 640. The summed E-state index contributed by atoms with van der Waals surface area (Å²) < 4.78 is 39.9. The molecule has 0 radical (unpaired) electrons. The van der Waals surface area contributed by atoms with Crippen LogP contribution in [0, 0.1) is 10.1 Å². The number of nitro groups is 1. The highest BCUT2D eigenvalue weighted by molar-refractivity contribution is 7.15. The number of hydrogen-bond acceptors (Lipinski definition) is 5. The Morgan fingerprint density at radius 1 is 1.19 bits per heavy atom. The zero-order valence-corrected chi connectivity index (χ0v) is 11.1. The molecule has 0 amide bonds. The number of halogens is 3. The molecule has 112 valence electrons. The van der Waals surface area contributed by atoms with Crippen LogP contribution in [0.2, 0.25) is 0 Å². The van der Waals surface area contributed by atoms with Crippen molar-refractivity contribution in [3.63, 3.8) is 0 Å². The molecule has 1 aromatic heterocycles. The summed E-state index contributed by atoms with van der Waals surface area (Å²) in [5, 5.41) is 10.6. The van der Waals surface area contributed by atoms with Gasteiger partial charge in [0.25, 0.3) is 0 Å². The molecule has 21 heavy (non-hydrogen) atoms. The van der Waals surface area contributed by atoms with E-state index in [1.165, 1.54) is 24.3 Å². The largest absolute Gasteiger partial charge is 0.573 e. The summed E-state index contributed by atoms with van der Waals surface area (Å²) >= 11 is 0.923. The SMILES string of the molecule is N[C@H](c1ccc(OC(F)(F)F)cc1)c1ccc([N+](=O)[O-])s1. The molecular weight excluding hydrogens is 309 g/mol. The number of ether oxygens (including phenoxy) is 1. The quantitative estimate of drug-likeness (QED) is 0.690. The zero-order valence-electron chi connectivity index (χ0n) is 10.3. The van der Waals surface area contributed by atoms with Gasteiger partial charge in [-0.25, -0.2) is 0 Å². The summed E-state index contributed by atoms with van der Waals surface area (Å²) in [4.78, 5) is 10.6. The van der Waals surface area contributed by atoms with Gasteiger partial charge < -0.3 is 10.5 Å². The van der Waals surface area contributed by atoms with Crippen LogP contribution < -0.4 is 10.5 Å². The number of hydrogen-bond donors (Lipinski definition) is 1. The van der Waals surface area contributed by atoms with Crippen molar-refractivity contribution in [1.82, 2.24) is 0 Å². The van der Waals surface area contributed by atoms with Crippen molar-refractivity contribution in [3.8, 4) is 5.75 Å². The molecule has 0 saturated carbocycles. The molecule has 9 heteroatoms. The summed E-state index contributed by atoms with van der Waals surface area (Å²) in [6.45, 7) is 0. The van der Waals surface area contributed by atoms with Crippen molar-refractivity contribution < 1.29 is 22.8 Å². The van der Waals surface area contributed by atoms with Crippen molar-refractivity contribution in [2.24, 2.45) is 5.73 Å². The van der Waals surface area contributed by atoms with Crippen molar-refractivity contribution in [2.45, 2.75) is 12.4 Å². The Morgan fingerprint density at radius 2 is 1.81 bits per heavy atom. The molecule has 1 aromatic carbocycles. The average Bonchev–Trinajstić information content (AvgIpc) is 2.86. The second kappa shape index (κ2) is 5.70. The van der Waals surface area contributed by atoms with E-state index in [0.29, 0.717) is 10.4 Å². The van der Waals surface area contributed by atoms with Gasteiger partial charge in [0.15, 0.2) is 0 Å². The molecule has 0 unspecified atom stereocenters. The maximum Gasteiger partial charge on any atom is 0.573 e. The Hall–Kier alpha value is -2.13.